The van der Waals surface area contributed by atoms with E-state index in [1.54, 1.807) is 12.3 Å². The van der Waals surface area contributed by atoms with Gasteiger partial charge in [-0.1, -0.05) is 19.4 Å². The first kappa shape index (κ1) is 20.6. The molecule has 3 amide bonds. The second-order valence-electron chi connectivity index (χ2n) is 8.85. The highest BCUT2D eigenvalue weighted by molar-refractivity contribution is 5.93. The van der Waals surface area contributed by atoms with E-state index in [1.165, 1.54) is 12.8 Å². The fraction of sp³-hybridized carbons (Fsp3) is 0.458. The van der Waals surface area contributed by atoms with E-state index in [0.29, 0.717) is 36.2 Å². The summed E-state index contributed by atoms with van der Waals surface area (Å²) >= 11 is 0. The summed E-state index contributed by atoms with van der Waals surface area (Å²) in [7, 11) is 0. The summed E-state index contributed by atoms with van der Waals surface area (Å²) in [6.45, 7) is 6.02. The minimum Gasteiger partial charge on any atom is -0.487 e. The van der Waals surface area contributed by atoms with Gasteiger partial charge in [0.05, 0.1) is 12.0 Å². The van der Waals surface area contributed by atoms with E-state index in [2.05, 4.69) is 27.5 Å². The van der Waals surface area contributed by atoms with Crippen LogP contribution in [0, 0.1) is 5.92 Å². The molecular formula is C24H28N4O4. The molecule has 5 rings (SSSR count). The molecule has 2 saturated carbocycles. The van der Waals surface area contributed by atoms with E-state index in [0.717, 1.165) is 29.7 Å². The number of nitrogens with zero attached hydrogens (tertiary/aromatic N) is 1. The fourth-order valence-electron chi connectivity index (χ4n) is 4.75. The predicted molar refractivity (Wildman–Crippen MR) is 119 cm³/mol. The van der Waals surface area contributed by atoms with Crippen molar-refractivity contribution in [2.24, 2.45) is 5.92 Å². The van der Waals surface area contributed by atoms with Gasteiger partial charge < -0.3 is 25.4 Å². The highest BCUT2D eigenvalue weighted by Crippen LogP contribution is 2.50. The average molecular weight is 437 g/mol. The third-order valence-electron chi connectivity index (χ3n) is 6.54. The molecule has 3 fully saturated rings. The molecule has 0 aromatic carbocycles. The Kier molecular flexibility index (Phi) is 5.36. The summed E-state index contributed by atoms with van der Waals surface area (Å²) in [5, 5.41) is 8.85. The van der Waals surface area contributed by atoms with Crippen molar-refractivity contribution in [3.63, 3.8) is 0 Å². The molecule has 2 aliphatic heterocycles. The van der Waals surface area contributed by atoms with Gasteiger partial charge in [0.25, 0.3) is 0 Å². The van der Waals surface area contributed by atoms with Gasteiger partial charge in [-0.05, 0) is 50.0 Å². The molecule has 1 saturated heterocycles. The number of carbonyl (C=O) groups is 2. The van der Waals surface area contributed by atoms with Gasteiger partial charge in [-0.15, -0.1) is 0 Å². The van der Waals surface area contributed by atoms with Crippen molar-refractivity contribution in [3.8, 4) is 5.75 Å². The van der Waals surface area contributed by atoms with E-state index in [9.17, 15) is 9.59 Å². The van der Waals surface area contributed by atoms with Crippen molar-refractivity contribution in [2.75, 3.05) is 5.32 Å². The van der Waals surface area contributed by atoms with Crippen LogP contribution in [0.5, 0.6) is 5.75 Å². The lowest BCUT2D eigenvalue weighted by molar-refractivity contribution is -0.116. The molecule has 2 aliphatic carbocycles. The summed E-state index contributed by atoms with van der Waals surface area (Å²) < 4.78 is 12.0. The Labute approximate surface area is 187 Å². The van der Waals surface area contributed by atoms with Crippen LogP contribution in [0.1, 0.15) is 44.6 Å². The van der Waals surface area contributed by atoms with Crippen LogP contribution in [-0.4, -0.2) is 35.1 Å². The molecule has 8 heteroatoms. The van der Waals surface area contributed by atoms with Gasteiger partial charge in [0.2, 0.25) is 5.91 Å². The normalized spacial score (nSPS) is 28.0. The first-order valence-corrected chi connectivity index (χ1v) is 11.3. The van der Waals surface area contributed by atoms with Crippen LogP contribution in [-0.2, 0) is 16.0 Å². The zero-order valence-electron chi connectivity index (χ0n) is 18.1. The second-order valence-corrected chi connectivity index (χ2v) is 8.85. The first-order chi connectivity index (χ1) is 15.5. The average Bonchev–Trinajstić information content (AvgIpc) is 3.07. The number of ether oxygens (including phenoxy) is 2. The Bertz CT molecular complexity index is 1020. The molecule has 4 aliphatic rings. The van der Waals surface area contributed by atoms with Gasteiger partial charge in [-0.2, -0.15) is 0 Å². The number of urea groups is 1. The molecule has 3 N–H and O–H groups in total. The maximum Gasteiger partial charge on any atom is 0.315 e. The highest BCUT2D eigenvalue weighted by atomic mass is 16.5. The molecule has 8 nitrogen and oxygen atoms in total. The molecular weight excluding hydrogens is 408 g/mol. The summed E-state index contributed by atoms with van der Waals surface area (Å²) in [6, 6.07) is 1.97. The smallest absolute Gasteiger partial charge is 0.315 e. The molecule has 0 spiro atoms. The second kappa shape index (κ2) is 8.33. The Morgan fingerprint density at radius 1 is 1.31 bits per heavy atom. The van der Waals surface area contributed by atoms with Crippen molar-refractivity contribution in [3.05, 3.63) is 53.6 Å². The van der Waals surface area contributed by atoms with Crippen LogP contribution in [0.2, 0.25) is 0 Å². The SMILES string of the molecule is C=C1/C(=C\C=C(/C)Oc2ccnc3c2CCC(=O)N3)O[C@@H]2[C@@H](NC(=O)NC3CCCC3)[C@H]12. The molecule has 0 bridgehead atoms. The van der Waals surface area contributed by atoms with Crippen LogP contribution in [0.3, 0.4) is 0 Å². The van der Waals surface area contributed by atoms with Gasteiger partial charge in [0, 0.05) is 24.2 Å². The van der Waals surface area contributed by atoms with Crippen LogP contribution in [0.15, 0.2) is 48.1 Å². The van der Waals surface area contributed by atoms with Crippen molar-refractivity contribution in [2.45, 2.75) is 63.6 Å². The molecule has 0 radical (unpaired) electrons. The number of amides is 3. The molecule has 3 atom stereocenters. The number of pyridine rings is 1. The Morgan fingerprint density at radius 2 is 2.12 bits per heavy atom. The number of allylic oxidation sites excluding steroid dienone is 4. The quantitative estimate of drug-likeness (QED) is 0.615. The maximum absolute atomic E-state index is 12.2. The zero-order chi connectivity index (χ0) is 22.2. The summed E-state index contributed by atoms with van der Waals surface area (Å²) in [5.41, 5.74) is 1.80. The Morgan fingerprint density at radius 3 is 2.88 bits per heavy atom. The number of anilines is 1. The van der Waals surface area contributed by atoms with Crippen molar-refractivity contribution in [1.29, 1.82) is 0 Å². The third kappa shape index (κ3) is 4.09. The number of rotatable bonds is 5. The summed E-state index contributed by atoms with van der Waals surface area (Å²) in [4.78, 5) is 28.0. The number of fused-ring (bicyclic) bond motifs is 2. The Balaban J connectivity index is 1.16. The zero-order valence-corrected chi connectivity index (χ0v) is 18.1. The van der Waals surface area contributed by atoms with Crippen LogP contribution < -0.4 is 20.7 Å². The molecule has 0 unspecified atom stereocenters. The monoisotopic (exact) mass is 436 g/mol. The maximum atomic E-state index is 12.2. The lowest BCUT2D eigenvalue weighted by atomic mass is 10.1. The summed E-state index contributed by atoms with van der Waals surface area (Å²) in [5.74, 6) is 2.76. The number of aromatic nitrogens is 1. The Hall–Kier alpha value is -3.29. The summed E-state index contributed by atoms with van der Waals surface area (Å²) in [6.07, 6.45) is 10.8. The minimum absolute atomic E-state index is 0.0130. The van der Waals surface area contributed by atoms with Crippen molar-refractivity contribution >= 4 is 17.8 Å². The largest absolute Gasteiger partial charge is 0.487 e. The lowest BCUT2D eigenvalue weighted by Crippen LogP contribution is -2.43. The van der Waals surface area contributed by atoms with Gasteiger partial charge in [-0.3, -0.25) is 4.79 Å². The van der Waals surface area contributed by atoms with E-state index < -0.39 is 0 Å². The molecule has 32 heavy (non-hydrogen) atoms. The predicted octanol–water partition coefficient (Wildman–Crippen LogP) is 3.33. The van der Waals surface area contributed by atoms with E-state index >= 15 is 0 Å². The van der Waals surface area contributed by atoms with E-state index in [4.69, 9.17) is 9.47 Å². The molecule has 168 valence electrons. The van der Waals surface area contributed by atoms with Gasteiger partial charge in [0.15, 0.2) is 0 Å². The highest BCUT2D eigenvalue weighted by Gasteiger charge is 2.60. The van der Waals surface area contributed by atoms with Gasteiger partial charge in [0.1, 0.15) is 29.2 Å². The number of hydrogen-bond donors (Lipinski definition) is 3. The fourth-order valence-corrected chi connectivity index (χ4v) is 4.75. The van der Waals surface area contributed by atoms with Crippen LogP contribution >= 0.6 is 0 Å². The molecule has 1 aromatic heterocycles. The topological polar surface area (TPSA) is 102 Å². The lowest BCUT2D eigenvalue weighted by Gasteiger charge is -2.18. The standard InChI is InChI=1S/C24H28N4O4/c1-13(31-18-11-12-25-23-16(18)8-10-19(29)27-23)7-9-17-14(2)20-21(22(20)32-17)28-24(30)26-15-5-3-4-6-15/h7,9,11-12,15,20-22H,2-6,8,10H2,1H3,(H,25,27,29)(H2,26,28,30)/b13-7+,17-9+/t20-,21-,22-/m0/s1. The van der Waals surface area contributed by atoms with E-state index in [1.807, 2.05) is 19.1 Å². The van der Waals surface area contributed by atoms with Crippen LogP contribution in [0.4, 0.5) is 10.6 Å². The van der Waals surface area contributed by atoms with Crippen molar-refractivity contribution < 1.29 is 19.1 Å². The van der Waals surface area contributed by atoms with Gasteiger partial charge >= 0.3 is 6.03 Å². The van der Waals surface area contributed by atoms with Gasteiger partial charge in [-0.25, -0.2) is 9.78 Å². The molecule has 1 aromatic rings. The number of carbonyl (C=O) groups excluding carboxylic acids is 2. The van der Waals surface area contributed by atoms with Crippen molar-refractivity contribution in [1.82, 2.24) is 15.6 Å². The minimum atomic E-state index is -0.112. The first-order valence-electron chi connectivity index (χ1n) is 11.3. The third-order valence-corrected chi connectivity index (χ3v) is 6.54. The number of nitrogens with one attached hydrogen (secondary N) is 3. The van der Waals surface area contributed by atoms with Crippen LogP contribution in [0.25, 0.3) is 0 Å². The number of hydrogen-bond acceptors (Lipinski definition) is 5. The van der Waals surface area contributed by atoms with E-state index in [-0.39, 0.29) is 30.0 Å². The molecule has 3 heterocycles.